The number of nitrogens with zero attached hydrogens (tertiary/aromatic N) is 1. The van der Waals surface area contributed by atoms with E-state index in [2.05, 4.69) is 12.2 Å². The van der Waals surface area contributed by atoms with Gasteiger partial charge in [0.1, 0.15) is 13.2 Å². The van der Waals surface area contributed by atoms with Gasteiger partial charge in [-0.15, -0.1) is 5.06 Å². The lowest BCUT2D eigenvalue weighted by Gasteiger charge is -2.65. The number of hydrogen-bond acceptors (Lipinski definition) is 10. The second kappa shape index (κ2) is 13.2. The summed E-state index contributed by atoms with van der Waals surface area (Å²) in [7, 11) is 0. The van der Waals surface area contributed by atoms with Crippen LogP contribution < -0.4 is 5.32 Å². The van der Waals surface area contributed by atoms with Crippen LogP contribution in [0.2, 0.25) is 0 Å². The number of imide groups is 1. The van der Waals surface area contributed by atoms with E-state index in [1.54, 1.807) is 6.08 Å². The fourth-order valence-corrected chi connectivity index (χ4v) is 10.4. The number of rotatable bonds is 11. The summed E-state index contributed by atoms with van der Waals surface area (Å²) in [4.78, 5) is 64.2. The van der Waals surface area contributed by atoms with Gasteiger partial charge in [0, 0.05) is 37.3 Å². The van der Waals surface area contributed by atoms with Crippen molar-refractivity contribution in [2.45, 2.75) is 122 Å². The van der Waals surface area contributed by atoms with Crippen molar-refractivity contribution in [3.8, 4) is 0 Å². The summed E-state index contributed by atoms with van der Waals surface area (Å²) in [5, 5.41) is 27.6. The number of aliphatic hydroxyl groups excluding tert-OH is 1. The molecular formula is C35H50N2O10. The third-order valence-electron chi connectivity index (χ3n) is 13.1. The van der Waals surface area contributed by atoms with Crippen LogP contribution in [0.4, 0.5) is 0 Å². The van der Waals surface area contributed by atoms with E-state index in [1.165, 1.54) is 0 Å². The first-order valence-corrected chi connectivity index (χ1v) is 17.6. The van der Waals surface area contributed by atoms with Crippen molar-refractivity contribution in [2.75, 3.05) is 19.8 Å². The van der Waals surface area contributed by atoms with Gasteiger partial charge in [0.15, 0.2) is 0 Å². The van der Waals surface area contributed by atoms with E-state index in [4.69, 9.17) is 14.3 Å². The number of cyclic esters (lactones) is 1. The summed E-state index contributed by atoms with van der Waals surface area (Å²) in [6.45, 7) is 5.06. The van der Waals surface area contributed by atoms with E-state index in [-0.39, 0.29) is 73.6 Å². The van der Waals surface area contributed by atoms with E-state index >= 15 is 0 Å². The first kappa shape index (κ1) is 34.0. The second-order valence-electron chi connectivity index (χ2n) is 15.3. The molecule has 0 aromatic rings. The minimum Gasteiger partial charge on any atom is -0.458 e. The van der Waals surface area contributed by atoms with E-state index in [0.29, 0.717) is 49.6 Å². The van der Waals surface area contributed by atoms with E-state index < -0.39 is 34.9 Å². The minimum absolute atomic E-state index is 0.00928. The Labute approximate surface area is 275 Å². The molecule has 260 valence electrons. The molecule has 12 heteroatoms. The van der Waals surface area contributed by atoms with Gasteiger partial charge in [-0.05, 0) is 98.9 Å². The van der Waals surface area contributed by atoms with Gasteiger partial charge in [-0.25, -0.2) is 9.59 Å². The van der Waals surface area contributed by atoms with Crippen molar-refractivity contribution in [3.05, 3.63) is 11.6 Å². The van der Waals surface area contributed by atoms with Gasteiger partial charge in [-0.3, -0.25) is 14.4 Å². The molecule has 3 N–H and O–H groups in total. The molecule has 0 aromatic carbocycles. The number of aliphatic hydroxyl groups is 2. The fraction of sp³-hybridized carbons (Fsp3) is 0.800. The van der Waals surface area contributed by atoms with Gasteiger partial charge in [0.05, 0.1) is 17.8 Å². The highest BCUT2D eigenvalue weighted by molar-refractivity contribution is 6.01. The minimum atomic E-state index is -0.996. The lowest BCUT2D eigenvalue weighted by molar-refractivity contribution is -0.245. The number of unbranched alkanes of at least 4 members (excludes halogenated alkanes) is 2. The Hall–Kier alpha value is -2.83. The normalized spacial score (nSPS) is 39.5. The molecule has 0 aromatic heterocycles. The smallest absolute Gasteiger partial charge is 0.333 e. The van der Waals surface area contributed by atoms with Crippen LogP contribution in [0.3, 0.4) is 0 Å². The molecule has 4 saturated carbocycles. The number of ether oxygens (including phenoxy) is 2. The second-order valence-corrected chi connectivity index (χ2v) is 15.3. The molecule has 1 saturated heterocycles. The molecule has 0 spiro atoms. The summed E-state index contributed by atoms with van der Waals surface area (Å²) in [5.41, 5.74) is -0.836. The van der Waals surface area contributed by atoms with Gasteiger partial charge in [-0.1, -0.05) is 20.3 Å². The first-order valence-electron chi connectivity index (χ1n) is 17.6. The highest BCUT2D eigenvalue weighted by atomic mass is 16.7. The fourth-order valence-electron chi connectivity index (χ4n) is 10.4. The van der Waals surface area contributed by atoms with Gasteiger partial charge in [-0.2, -0.15) is 0 Å². The molecule has 6 aliphatic rings. The predicted octanol–water partition coefficient (Wildman–Crippen LogP) is 2.88. The maximum atomic E-state index is 12.5. The van der Waals surface area contributed by atoms with Gasteiger partial charge in [0.2, 0.25) is 5.91 Å². The molecule has 6 rings (SSSR count). The lowest BCUT2D eigenvalue weighted by Crippen LogP contribution is -2.67. The number of esters is 1. The van der Waals surface area contributed by atoms with Crippen LogP contribution in [0, 0.1) is 34.5 Å². The van der Waals surface area contributed by atoms with Gasteiger partial charge in [0.25, 0.3) is 11.8 Å². The number of hydroxylamine groups is 2. The molecule has 47 heavy (non-hydrogen) atoms. The van der Waals surface area contributed by atoms with Gasteiger partial charge < -0.3 is 29.8 Å². The molecule has 0 bridgehead atoms. The summed E-state index contributed by atoms with van der Waals surface area (Å²) in [6, 6.07) is 0. The van der Waals surface area contributed by atoms with Crippen LogP contribution >= 0.6 is 0 Å². The first-order chi connectivity index (χ1) is 22.4. The van der Waals surface area contributed by atoms with Crippen LogP contribution in [-0.2, 0) is 38.3 Å². The van der Waals surface area contributed by atoms with Crippen LogP contribution in [0.15, 0.2) is 11.6 Å². The van der Waals surface area contributed by atoms with Crippen molar-refractivity contribution in [1.82, 2.24) is 10.4 Å². The largest absolute Gasteiger partial charge is 0.458 e. The molecule has 3 amide bonds. The van der Waals surface area contributed by atoms with Gasteiger partial charge >= 0.3 is 11.9 Å². The highest BCUT2D eigenvalue weighted by Gasteiger charge is 2.70. The molecule has 12 nitrogen and oxygen atoms in total. The van der Waals surface area contributed by atoms with Crippen molar-refractivity contribution in [2.24, 2.45) is 34.5 Å². The maximum Gasteiger partial charge on any atom is 0.333 e. The number of nitrogens with one attached hydrogen (secondary N) is 1. The lowest BCUT2D eigenvalue weighted by atomic mass is 9.42. The number of fused-ring (bicyclic) bond motifs is 5. The molecular weight excluding hydrogens is 608 g/mol. The number of carbonyl (C=O) groups is 5. The molecule has 0 unspecified atom stereocenters. The van der Waals surface area contributed by atoms with Crippen molar-refractivity contribution < 1.29 is 48.5 Å². The zero-order chi connectivity index (χ0) is 33.6. The Bertz CT molecular complexity index is 1300. The van der Waals surface area contributed by atoms with E-state index in [1.807, 2.05) is 6.92 Å². The zero-order valence-electron chi connectivity index (χ0n) is 27.7. The third-order valence-corrected chi connectivity index (χ3v) is 13.1. The Morgan fingerprint density at radius 1 is 1.00 bits per heavy atom. The third kappa shape index (κ3) is 6.14. The van der Waals surface area contributed by atoms with Crippen LogP contribution in [-0.4, -0.2) is 82.5 Å². The maximum absolute atomic E-state index is 12.5. The van der Waals surface area contributed by atoms with E-state index in [0.717, 1.165) is 44.1 Å². The summed E-state index contributed by atoms with van der Waals surface area (Å²) in [5.74, 6) is -1.51. The average Bonchev–Trinajstić information content (AvgIpc) is 3.69. The van der Waals surface area contributed by atoms with Crippen LogP contribution in [0.1, 0.15) is 104 Å². The van der Waals surface area contributed by atoms with E-state index in [9.17, 15) is 34.2 Å². The number of hydrogen-bond donors (Lipinski definition) is 3. The molecule has 4 aliphatic carbocycles. The standard InChI is InChI=1S/C35H50N2O10/c1-33-13-11-23(45-20-28(39)36-15-5-3-4-6-31(42)47-37-29(40)9-10-30(37)41)17-22(33)7-8-25-26(33)18-27(38)34(2)24(12-14-35(25,34)44)21-16-32(43)46-19-21/h16,22-27,38,44H,3-15,17-20H2,1-2H3,(H,36,39)/t22-,23+,24-,25-,26+,27-,33+,34+,35+/m1/s1. The molecule has 0 radical (unpaired) electrons. The van der Waals surface area contributed by atoms with Crippen LogP contribution in [0.25, 0.3) is 0 Å². The Kier molecular flexibility index (Phi) is 9.59. The Morgan fingerprint density at radius 3 is 2.49 bits per heavy atom. The molecule has 9 atom stereocenters. The Balaban J connectivity index is 0.929. The predicted molar refractivity (Wildman–Crippen MR) is 166 cm³/mol. The van der Waals surface area contributed by atoms with Crippen molar-refractivity contribution >= 4 is 29.7 Å². The van der Waals surface area contributed by atoms with Crippen LogP contribution in [0.5, 0.6) is 0 Å². The summed E-state index contributed by atoms with van der Waals surface area (Å²) in [6.07, 6.45) is 9.45. The summed E-state index contributed by atoms with van der Waals surface area (Å²) >= 11 is 0. The van der Waals surface area contributed by atoms with Crippen molar-refractivity contribution in [1.29, 1.82) is 0 Å². The monoisotopic (exact) mass is 658 g/mol. The zero-order valence-corrected chi connectivity index (χ0v) is 27.7. The average molecular weight is 659 g/mol. The number of carbonyl (C=O) groups excluding carboxylic acids is 5. The quantitative estimate of drug-likeness (QED) is 0.171. The highest BCUT2D eigenvalue weighted by Crippen LogP contribution is 2.70. The Morgan fingerprint density at radius 2 is 1.77 bits per heavy atom. The topological polar surface area (TPSA) is 169 Å². The molecule has 5 fully saturated rings. The van der Waals surface area contributed by atoms with Crippen molar-refractivity contribution in [3.63, 3.8) is 0 Å². The molecule has 2 heterocycles. The molecule has 2 aliphatic heterocycles. The SMILES string of the molecule is C[C@]12CC[C@H](OCC(=O)NCCCCCC(=O)ON3C(=O)CCC3=O)C[C@H]1CC[C@@H]1[C@@H]2C[C@@H](O)[C@]2(C)[C@@H](C3=CC(=O)OC3)CC[C@]12O. The summed E-state index contributed by atoms with van der Waals surface area (Å²) < 4.78 is 11.3. The number of amides is 3.